The highest BCUT2D eigenvalue weighted by atomic mass is 15.3. The van der Waals surface area contributed by atoms with Gasteiger partial charge in [0.05, 0.1) is 6.54 Å². The monoisotopic (exact) mass is 190 g/mol. The Kier molecular flexibility index (Phi) is 2.80. The van der Waals surface area contributed by atoms with Gasteiger partial charge in [-0.3, -0.25) is 0 Å². The van der Waals surface area contributed by atoms with Gasteiger partial charge in [0.15, 0.2) is 0 Å². The van der Waals surface area contributed by atoms with E-state index in [1.54, 1.807) is 6.33 Å². The summed E-state index contributed by atoms with van der Waals surface area (Å²) in [7, 11) is 0. The second kappa shape index (κ2) is 4.25. The van der Waals surface area contributed by atoms with E-state index in [9.17, 15) is 0 Å². The Morgan fingerprint density at radius 3 is 3.50 bits per heavy atom. The third-order valence-corrected chi connectivity index (χ3v) is 2.51. The average molecular weight is 190 g/mol. The smallest absolute Gasteiger partial charge is 0.138 e. The lowest BCUT2D eigenvalue weighted by Crippen LogP contribution is -2.38. The summed E-state index contributed by atoms with van der Waals surface area (Å²) >= 11 is 0. The van der Waals surface area contributed by atoms with Gasteiger partial charge in [0.1, 0.15) is 12.2 Å². The fraction of sp³-hybridized carbons (Fsp3) is 0.600. The van der Waals surface area contributed by atoms with Crippen LogP contribution in [0.25, 0.3) is 0 Å². The first-order valence-corrected chi connectivity index (χ1v) is 4.93. The molecule has 0 radical (unpaired) electrons. The van der Waals surface area contributed by atoms with Gasteiger partial charge in [-0.1, -0.05) is 0 Å². The van der Waals surface area contributed by atoms with Crippen LogP contribution in [0.15, 0.2) is 6.33 Å². The quantitative estimate of drug-likeness (QED) is 0.547. The molecule has 1 aliphatic rings. The van der Waals surface area contributed by atoms with E-state index < -0.39 is 0 Å². The number of fused-ring (bicyclic) bond motifs is 1. The molecule has 4 heteroatoms. The first-order chi connectivity index (χ1) is 6.90. The van der Waals surface area contributed by atoms with Crippen LogP contribution in [0.3, 0.4) is 0 Å². The van der Waals surface area contributed by atoms with E-state index in [2.05, 4.69) is 21.3 Å². The topological polar surface area (TPSA) is 42.7 Å². The van der Waals surface area contributed by atoms with Crippen LogP contribution in [0, 0.1) is 12.3 Å². The van der Waals surface area contributed by atoms with E-state index in [0.717, 1.165) is 38.2 Å². The van der Waals surface area contributed by atoms with Crippen molar-refractivity contribution in [2.24, 2.45) is 0 Å². The predicted octanol–water partition coefficient (Wildman–Crippen LogP) is 0.206. The molecule has 1 N–H and O–H groups in total. The number of nitrogens with one attached hydrogen (secondary N) is 1. The zero-order valence-corrected chi connectivity index (χ0v) is 8.11. The van der Waals surface area contributed by atoms with Crippen LogP contribution in [-0.2, 0) is 13.0 Å². The number of hydrogen-bond acceptors (Lipinski definition) is 3. The molecular weight excluding hydrogens is 176 g/mol. The van der Waals surface area contributed by atoms with Crippen molar-refractivity contribution < 1.29 is 0 Å². The second-order valence-corrected chi connectivity index (χ2v) is 3.50. The highest BCUT2D eigenvalue weighted by Gasteiger charge is 2.18. The lowest BCUT2D eigenvalue weighted by atomic mass is 10.1. The van der Waals surface area contributed by atoms with E-state index >= 15 is 0 Å². The summed E-state index contributed by atoms with van der Waals surface area (Å²) in [5.74, 6) is 3.72. The van der Waals surface area contributed by atoms with E-state index in [0.29, 0.717) is 6.04 Å². The van der Waals surface area contributed by atoms with Crippen LogP contribution in [0.4, 0.5) is 0 Å². The molecule has 1 unspecified atom stereocenters. The van der Waals surface area contributed by atoms with E-state index in [4.69, 9.17) is 6.42 Å². The first-order valence-electron chi connectivity index (χ1n) is 4.93. The van der Waals surface area contributed by atoms with Crippen LogP contribution in [-0.4, -0.2) is 27.4 Å². The third kappa shape index (κ3) is 1.94. The largest absolute Gasteiger partial charge is 0.311 e. The Bertz CT molecular complexity index is 336. The van der Waals surface area contributed by atoms with Crippen LogP contribution >= 0.6 is 0 Å². The molecule has 0 fully saturated rings. The van der Waals surface area contributed by atoms with Gasteiger partial charge in [-0.15, -0.1) is 12.3 Å². The number of nitrogens with zero attached hydrogens (tertiary/aromatic N) is 3. The number of aryl methyl sites for hydroxylation is 1. The second-order valence-electron chi connectivity index (χ2n) is 3.50. The molecule has 0 saturated heterocycles. The Hall–Kier alpha value is -1.34. The molecule has 2 rings (SSSR count). The molecule has 1 atom stereocenters. The van der Waals surface area contributed by atoms with Crippen molar-refractivity contribution in [2.75, 3.05) is 6.54 Å². The predicted molar refractivity (Wildman–Crippen MR) is 53.6 cm³/mol. The average Bonchev–Trinajstić information content (AvgIpc) is 2.65. The molecule has 4 nitrogen and oxygen atoms in total. The van der Waals surface area contributed by atoms with Gasteiger partial charge in [0, 0.05) is 25.4 Å². The highest BCUT2D eigenvalue weighted by Crippen LogP contribution is 2.10. The van der Waals surface area contributed by atoms with Crippen molar-refractivity contribution in [3.63, 3.8) is 0 Å². The summed E-state index contributed by atoms with van der Waals surface area (Å²) in [5, 5.41) is 7.58. The molecule has 0 bridgehead atoms. The molecular formula is C10H14N4. The van der Waals surface area contributed by atoms with Crippen LogP contribution in [0.2, 0.25) is 0 Å². The van der Waals surface area contributed by atoms with Crippen LogP contribution in [0.5, 0.6) is 0 Å². The summed E-state index contributed by atoms with van der Waals surface area (Å²) < 4.78 is 1.97. The summed E-state index contributed by atoms with van der Waals surface area (Å²) in [6.07, 6.45) is 9.74. The molecule has 0 spiro atoms. The van der Waals surface area contributed by atoms with Gasteiger partial charge in [0.25, 0.3) is 0 Å². The minimum Gasteiger partial charge on any atom is -0.311 e. The normalized spacial score (nSPS) is 20.1. The molecule has 0 aliphatic carbocycles. The van der Waals surface area contributed by atoms with E-state index in [1.165, 1.54) is 0 Å². The Labute approximate surface area is 83.7 Å². The maximum Gasteiger partial charge on any atom is 0.138 e. The molecule has 1 aliphatic heterocycles. The number of hydrogen-bond donors (Lipinski definition) is 1. The zero-order valence-electron chi connectivity index (χ0n) is 8.11. The minimum absolute atomic E-state index is 0.498. The molecule has 0 amide bonds. The van der Waals surface area contributed by atoms with Crippen LogP contribution < -0.4 is 5.32 Å². The summed E-state index contributed by atoms with van der Waals surface area (Å²) in [4.78, 5) is 4.18. The van der Waals surface area contributed by atoms with Gasteiger partial charge in [-0.05, 0) is 6.42 Å². The standard InChI is InChI=1S/C10H14N4/c1-2-3-6-11-9-4-5-10-12-8-13-14(10)7-9/h1,8-9,11H,3-7H2. The van der Waals surface area contributed by atoms with Gasteiger partial charge in [-0.2, -0.15) is 5.10 Å². The number of rotatable bonds is 3. The van der Waals surface area contributed by atoms with E-state index in [-0.39, 0.29) is 0 Å². The van der Waals surface area contributed by atoms with Gasteiger partial charge in [-0.25, -0.2) is 9.67 Å². The number of aromatic nitrogens is 3. The SMILES string of the molecule is C#CCCNC1CCc2ncnn2C1. The summed E-state index contributed by atoms with van der Waals surface area (Å²) in [5.41, 5.74) is 0. The fourth-order valence-corrected chi connectivity index (χ4v) is 1.75. The molecule has 2 heterocycles. The molecule has 1 aromatic rings. The Balaban J connectivity index is 1.86. The number of terminal acetylenes is 1. The maximum atomic E-state index is 5.19. The maximum absolute atomic E-state index is 5.19. The molecule has 0 saturated carbocycles. The first kappa shape index (κ1) is 9.22. The fourth-order valence-electron chi connectivity index (χ4n) is 1.75. The molecule has 74 valence electrons. The van der Waals surface area contributed by atoms with Crippen LogP contribution in [0.1, 0.15) is 18.7 Å². The molecule has 14 heavy (non-hydrogen) atoms. The van der Waals surface area contributed by atoms with Crippen molar-refractivity contribution in [3.05, 3.63) is 12.2 Å². The third-order valence-electron chi connectivity index (χ3n) is 2.51. The zero-order chi connectivity index (χ0) is 9.80. The van der Waals surface area contributed by atoms with Crippen molar-refractivity contribution in [3.8, 4) is 12.3 Å². The highest BCUT2D eigenvalue weighted by molar-refractivity contribution is 4.92. The van der Waals surface area contributed by atoms with Gasteiger partial charge in [0.2, 0.25) is 0 Å². The Morgan fingerprint density at radius 2 is 2.64 bits per heavy atom. The minimum atomic E-state index is 0.498. The summed E-state index contributed by atoms with van der Waals surface area (Å²) in [6, 6.07) is 0.498. The Morgan fingerprint density at radius 1 is 1.71 bits per heavy atom. The lowest BCUT2D eigenvalue weighted by molar-refractivity contribution is 0.362. The van der Waals surface area contributed by atoms with Gasteiger partial charge >= 0.3 is 0 Å². The van der Waals surface area contributed by atoms with Crippen molar-refractivity contribution in [1.82, 2.24) is 20.1 Å². The van der Waals surface area contributed by atoms with Crippen molar-refractivity contribution >= 4 is 0 Å². The van der Waals surface area contributed by atoms with Crippen molar-refractivity contribution in [2.45, 2.75) is 31.8 Å². The molecule has 0 aromatic carbocycles. The molecule has 1 aromatic heterocycles. The van der Waals surface area contributed by atoms with Gasteiger partial charge < -0.3 is 5.32 Å². The van der Waals surface area contributed by atoms with E-state index in [1.807, 2.05) is 4.68 Å². The van der Waals surface area contributed by atoms with Crippen molar-refractivity contribution in [1.29, 1.82) is 0 Å². The lowest BCUT2D eigenvalue weighted by Gasteiger charge is -2.23. The summed E-state index contributed by atoms with van der Waals surface area (Å²) in [6.45, 7) is 1.81.